The average molecular weight is 148 g/mol. The van der Waals surface area contributed by atoms with Gasteiger partial charge < -0.3 is 21.3 Å². The van der Waals surface area contributed by atoms with Crippen LogP contribution in [-0.4, -0.2) is 35.5 Å². The van der Waals surface area contributed by atoms with Crippen LogP contribution in [0, 0.1) is 0 Å². The van der Waals surface area contributed by atoms with Crippen LogP contribution in [-0.2, 0) is 4.79 Å². The van der Waals surface area contributed by atoms with Crippen LogP contribution in [0.4, 0.5) is 0 Å². The fourth-order valence-corrected chi connectivity index (χ4v) is 0.445. The molecule has 0 aromatic carbocycles. The quantitative estimate of drug-likeness (QED) is 0.276. The maximum absolute atomic E-state index is 9.89. The van der Waals surface area contributed by atoms with Gasteiger partial charge in [-0.15, -0.1) is 0 Å². The zero-order valence-corrected chi connectivity index (χ0v) is 5.58. The summed E-state index contributed by atoms with van der Waals surface area (Å²) in [5.74, 6) is -0.911. The van der Waals surface area contributed by atoms with E-state index in [1.165, 1.54) is 0 Å². The second-order valence-electron chi connectivity index (χ2n) is 1.93. The maximum atomic E-state index is 9.89. The van der Waals surface area contributed by atoms with Crippen LogP contribution >= 0.6 is 0 Å². The first-order valence-electron chi connectivity index (χ1n) is 2.99. The van der Waals surface area contributed by atoms with Gasteiger partial charge in [-0.25, -0.2) is 0 Å². The zero-order chi connectivity index (χ0) is 7.98. The van der Waals surface area contributed by atoms with E-state index >= 15 is 0 Å². The Morgan fingerprint density at radius 1 is 1.70 bits per heavy atom. The molecule has 5 N–H and O–H groups in total. The number of aliphatic carboxylic acids is 1. The third-order valence-corrected chi connectivity index (χ3v) is 0.893. The van der Waals surface area contributed by atoms with Gasteiger partial charge in [0.25, 0.3) is 0 Å². The largest absolute Gasteiger partial charge is 0.480 e. The molecule has 0 aliphatic rings. The Hall–Kier alpha value is -0.650. The molecule has 0 radical (unpaired) electrons. The molecule has 1 atom stereocenters. The fraction of sp³-hybridized carbons (Fsp3) is 0.800. The molecular formula is C5H12N2O3. The minimum Gasteiger partial charge on any atom is -0.480 e. The van der Waals surface area contributed by atoms with Gasteiger partial charge in [-0.05, 0) is 13.0 Å². The Labute approximate surface area is 58.8 Å². The van der Waals surface area contributed by atoms with Crippen molar-refractivity contribution in [2.75, 3.05) is 13.1 Å². The van der Waals surface area contributed by atoms with Gasteiger partial charge in [0.05, 0.1) is 6.54 Å². The van der Waals surface area contributed by atoms with E-state index in [1.54, 1.807) is 0 Å². The zero-order valence-electron chi connectivity index (χ0n) is 5.58. The monoisotopic (exact) mass is 148 g/mol. The molecule has 0 fully saturated rings. The predicted octanol–water partition coefficient (Wildman–Crippen LogP) is -1.67. The highest BCUT2D eigenvalue weighted by Crippen LogP contribution is 1.77. The van der Waals surface area contributed by atoms with Gasteiger partial charge >= 0.3 is 5.97 Å². The molecule has 10 heavy (non-hydrogen) atoms. The van der Waals surface area contributed by atoms with Crippen LogP contribution in [0.25, 0.3) is 0 Å². The van der Waals surface area contributed by atoms with E-state index < -0.39 is 12.2 Å². The molecular weight excluding hydrogens is 136 g/mol. The molecule has 0 saturated carbocycles. The molecule has 0 rings (SSSR count). The molecule has 5 heteroatoms. The normalized spacial score (nSPS) is 13.0. The van der Waals surface area contributed by atoms with E-state index in [0.29, 0.717) is 13.0 Å². The summed E-state index contributed by atoms with van der Waals surface area (Å²) in [5, 5.41) is 19.2. The average Bonchev–Trinajstić information content (AvgIpc) is 1.79. The number of nitrogens with one attached hydrogen (secondary N) is 1. The lowest BCUT2D eigenvalue weighted by molar-refractivity contribution is -0.135. The number of hydrogen-bond donors (Lipinski definition) is 4. The minimum atomic E-state index is -0.911. The second-order valence-corrected chi connectivity index (χ2v) is 1.93. The molecule has 0 saturated heterocycles. The molecule has 0 aromatic rings. The lowest BCUT2D eigenvalue weighted by Crippen LogP contribution is -2.29. The molecule has 0 aliphatic carbocycles. The van der Waals surface area contributed by atoms with E-state index in [1.807, 2.05) is 0 Å². The van der Waals surface area contributed by atoms with Crippen molar-refractivity contribution in [1.29, 1.82) is 0 Å². The summed E-state index contributed by atoms with van der Waals surface area (Å²) >= 11 is 0. The number of carboxylic acid groups (broad SMARTS) is 1. The number of nitrogens with two attached hydrogens (primary N) is 1. The maximum Gasteiger partial charge on any atom is 0.317 e. The van der Waals surface area contributed by atoms with E-state index in [0.717, 1.165) is 0 Å². The van der Waals surface area contributed by atoms with E-state index in [2.05, 4.69) is 5.32 Å². The van der Waals surface area contributed by atoms with Crippen molar-refractivity contribution >= 4 is 5.97 Å². The van der Waals surface area contributed by atoms with Crippen LogP contribution in [0.1, 0.15) is 6.42 Å². The van der Waals surface area contributed by atoms with Gasteiger partial charge in [0, 0.05) is 0 Å². The summed E-state index contributed by atoms with van der Waals surface area (Å²) < 4.78 is 0. The predicted molar refractivity (Wildman–Crippen MR) is 35.3 cm³/mol. The Kier molecular flexibility index (Phi) is 4.82. The molecule has 0 aliphatic heterocycles. The highest BCUT2D eigenvalue weighted by atomic mass is 16.4. The summed E-state index contributed by atoms with van der Waals surface area (Å²) in [7, 11) is 0. The summed E-state index contributed by atoms with van der Waals surface area (Å²) in [6.07, 6.45) is -0.492. The topological polar surface area (TPSA) is 95.6 Å². The summed E-state index contributed by atoms with van der Waals surface area (Å²) in [5.41, 5.74) is 4.98. The van der Waals surface area contributed by atoms with Crippen LogP contribution in [0.5, 0.6) is 0 Å². The van der Waals surface area contributed by atoms with Crippen LogP contribution in [0.3, 0.4) is 0 Å². The lowest BCUT2D eigenvalue weighted by atomic mass is 10.4. The van der Waals surface area contributed by atoms with Crippen molar-refractivity contribution in [3.05, 3.63) is 0 Å². The summed E-state index contributed by atoms with van der Waals surface area (Å²) in [6, 6.07) is 0. The Balaban J connectivity index is 2.98. The van der Waals surface area contributed by atoms with Gasteiger partial charge in [-0.2, -0.15) is 0 Å². The van der Waals surface area contributed by atoms with Gasteiger partial charge in [0.2, 0.25) is 0 Å². The first-order chi connectivity index (χ1) is 4.63. The van der Waals surface area contributed by atoms with E-state index in [-0.39, 0.29) is 6.54 Å². The van der Waals surface area contributed by atoms with Gasteiger partial charge in [0.15, 0.2) is 0 Å². The Bertz CT molecular complexity index is 105. The van der Waals surface area contributed by atoms with Crippen molar-refractivity contribution in [3.8, 4) is 0 Å². The molecule has 0 bridgehead atoms. The number of carbonyl (C=O) groups is 1. The van der Waals surface area contributed by atoms with Crippen molar-refractivity contribution in [3.63, 3.8) is 0 Å². The Morgan fingerprint density at radius 3 is 2.70 bits per heavy atom. The number of carboxylic acids is 1. The summed E-state index contributed by atoms with van der Waals surface area (Å²) in [6.45, 7) is 0.330. The molecule has 60 valence electrons. The second kappa shape index (κ2) is 5.16. The van der Waals surface area contributed by atoms with Gasteiger partial charge in [-0.1, -0.05) is 0 Å². The van der Waals surface area contributed by atoms with Crippen molar-refractivity contribution in [2.24, 2.45) is 5.73 Å². The Morgan fingerprint density at radius 2 is 2.30 bits per heavy atom. The molecule has 0 heterocycles. The number of aliphatic hydroxyl groups excluding tert-OH is 1. The van der Waals surface area contributed by atoms with Gasteiger partial charge in [0.1, 0.15) is 6.23 Å². The SMILES string of the molecule is NC(O)CCNCC(=O)O. The highest BCUT2D eigenvalue weighted by Gasteiger charge is 1.96. The van der Waals surface area contributed by atoms with Crippen molar-refractivity contribution in [2.45, 2.75) is 12.6 Å². The lowest BCUT2D eigenvalue weighted by Gasteiger charge is -2.03. The van der Waals surface area contributed by atoms with Crippen LogP contribution < -0.4 is 11.1 Å². The minimum absolute atomic E-state index is 0.0906. The number of aliphatic hydroxyl groups is 1. The van der Waals surface area contributed by atoms with Crippen LogP contribution in [0.15, 0.2) is 0 Å². The molecule has 5 nitrogen and oxygen atoms in total. The number of rotatable bonds is 5. The van der Waals surface area contributed by atoms with Gasteiger partial charge in [-0.3, -0.25) is 4.79 Å². The summed E-state index contributed by atoms with van der Waals surface area (Å²) in [4.78, 5) is 9.89. The van der Waals surface area contributed by atoms with Crippen molar-refractivity contribution < 1.29 is 15.0 Å². The molecule has 0 amide bonds. The van der Waals surface area contributed by atoms with E-state index in [4.69, 9.17) is 15.9 Å². The highest BCUT2D eigenvalue weighted by molar-refractivity contribution is 5.68. The smallest absolute Gasteiger partial charge is 0.317 e. The first kappa shape index (κ1) is 9.35. The van der Waals surface area contributed by atoms with E-state index in [9.17, 15) is 4.79 Å². The molecule has 0 spiro atoms. The standard InChI is InChI=1S/C5H12N2O3/c6-4(8)1-2-7-3-5(9)10/h4,7-8H,1-3,6H2,(H,9,10). The third kappa shape index (κ3) is 7.35. The molecule has 0 aromatic heterocycles. The number of hydrogen-bond acceptors (Lipinski definition) is 4. The fourth-order valence-electron chi connectivity index (χ4n) is 0.445. The molecule has 1 unspecified atom stereocenters. The van der Waals surface area contributed by atoms with Crippen LogP contribution in [0.2, 0.25) is 0 Å². The first-order valence-corrected chi connectivity index (χ1v) is 2.99. The third-order valence-electron chi connectivity index (χ3n) is 0.893. The van der Waals surface area contributed by atoms with Crippen molar-refractivity contribution in [1.82, 2.24) is 5.32 Å².